The van der Waals surface area contributed by atoms with E-state index >= 15 is 0 Å². The SMILES string of the molecule is COc1ccc(C(C)=O)cc1CC(=O)Nc1ccc(=O)n(C)c1. The van der Waals surface area contributed by atoms with Crippen LogP contribution < -0.4 is 15.6 Å². The van der Waals surface area contributed by atoms with E-state index < -0.39 is 0 Å². The summed E-state index contributed by atoms with van der Waals surface area (Å²) in [6.45, 7) is 1.47. The van der Waals surface area contributed by atoms with Gasteiger partial charge < -0.3 is 14.6 Å². The fraction of sp³-hybridized carbons (Fsp3) is 0.235. The minimum absolute atomic E-state index is 0.0626. The Bertz CT molecular complexity index is 808. The first-order valence-corrected chi connectivity index (χ1v) is 7.05. The van der Waals surface area contributed by atoms with Gasteiger partial charge in [-0.3, -0.25) is 14.4 Å². The molecule has 0 aliphatic rings. The molecule has 0 fully saturated rings. The number of hydrogen-bond donors (Lipinski definition) is 1. The van der Waals surface area contributed by atoms with Crippen LogP contribution in [0.15, 0.2) is 41.3 Å². The zero-order valence-corrected chi connectivity index (χ0v) is 13.3. The number of ether oxygens (including phenoxy) is 1. The van der Waals surface area contributed by atoms with Crippen LogP contribution in [0.5, 0.6) is 5.75 Å². The van der Waals surface area contributed by atoms with Crippen LogP contribution in [0.1, 0.15) is 22.8 Å². The third-order valence-electron chi connectivity index (χ3n) is 3.41. The first kappa shape index (κ1) is 16.5. The van der Waals surface area contributed by atoms with Crippen LogP contribution in [0.2, 0.25) is 0 Å². The predicted molar refractivity (Wildman–Crippen MR) is 87.0 cm³/mol. The van der Waals surface area contributed by atoms with Crippen LogP contribution in [-0.2, 0) is 18.3 Å². The summed E-state index contributed by atoms with van der Waals surface area (Å²) in [4.78, 5) is 35.0. The molecular formula is C17H18N2O4. The zero-order chi connectivity index (χ0) is 17.0. The molecule has 0 unspecified atom stereocenters. The lowest BCUT2D eigenvalue weighted by Gasteiger charge is -2.11. The van der Waals surface area contributed by atoms with Gasteiger partial charge in [0, 0.05) is 30.4 Å². The Balaban J connectivity index is 2.18. The second kappa shape index (κ2) is 6.91. The number of hydrogen-bond acceptors (Lipinski definition) is 4. The molecule has 0 bridgehead atoms. The molecule has 6 nitrogen and oxygen atoms in total. The van der Waals surface area contributed by atoms with Crippen LogP contribution >= 0.6 is 0 Å². The smallest absolute Gasteiger partial charge is 0.250 e. The molecule has 0 aliphatic carbocycles. The Labute approximate surface area is 133 Å². The molecule has 0 radical (unpaired) electrons. The van der Waals surface area contributed by atoms with Crippen LogP contribution in [-0.4, -0.2) is 23.4 Å². The lowest BCUT2D eigenvalue weighted by atomic mass is 10.0. The van der Waals surface area contributed by atoms with E-state index in [0.29, 0.717) is 22.6 Å². The van der Waals surface area contributed by atoms with Gasteiger partial charge in [0.2, 0.25) is 11.5 Å². The molecule has 0 atom stereocenters. The third-order valence-corrected chi connectivity index (χ3v) is 3.41. The number of anilines is 1. The maximum absolute atomic E-state index is 12.2. The number of rotatable bonds is 5. The molecule has 0 saturated carbocycles. The highest BCUT2D eigenvalue weighted by atomic mass is 16.5. The van der Waals surface area contributed by atoms with E-state index in [1.165, 1.54) is 24.7 Å². The number of Topliss-reactive ketones (excluding diaryl/α,β-unsaturated/α-hetero) is 1. The molecule has 2 aromatic rings. The molecule has 1 N–H and O–H groups in total. The van der Waals surface area contributed by atoms with E-state index in [-0.39, 0.29) is 23.7 Å². The number of benzene rings is 1. The average Bonchev–Trinajstić information content (AvgIpc) is 2.50. The number of amides is 1. The van der Waals surface area contributed by atoms with Crippen molar-refractivity contribution in [3.8, 4) is 5.75 Å². The monoisotopic (exact) mass is 314 g/mol. The Morgan fingerprint density at radius 2 is 1.96 bits per heavy atom. The summed E-state index contributed by atoms with van der Waals surface area (Å²) >= 11 is 0. The van der Waals surface area contributed by atoms with Gasteiger partial charge >= 0.3 is 0 Å². The summed E-state index contributed by atoms with van der Waals surface area (Å²) in [7, 11) is 3.12. The van der Waals surface area contributed by atoms with Crippen LogP contribution in [0.3, 0.4) is 0 Å². The van der Waals surface area contributed by atoms with Crippen LogP contribution in [0.4, 0.5) is 5.69 Å². The summed E-state index contributed by atoms with van der Waals surface area (Å²) < 4.78 is 6.61. The highest BCUT2D eigenvalue weighted by Crippen LogP contribution is 2.21. The number of carbonyl (C=O) groups excluding carboxylic acids is 2. The Hall–Kier alpha value is -2.89. The molecule has 120 valence electrons. The Morgan fingerprint density at radius 1 is 1.22 bits per heavy atom. The van der Waals surface area contributed by atoms with Crippen molar-refractivity contribution in [1.29, 1.82) is 0 Å². The lowest BCUT2D eigenvalue weighted by Crippen LogP contribution is -2.19. The highest BCUT2D eigenvalue weighted by molar-refractivity contribution is 5.96. The number of pyridine rings is 1. The number of nitrogens with zero attached hydrogens (tertiary/aromatic N) is 1. The van der Waals surface area contributed by atoms with Crippen molar-refractivity contribution in [2.45, 2.75) is 13.3 Å². The Morgan fingerprint density at radius 3 is 2.57 bits per heavy atom. The Kier molecular flexibility index (Phi) is 4.95. The molecule has 23 heavy (non-hydrogen) atoms. The summed E-state index contributed by atoms with van der Waals surface area (Å²) in [5.41, 5.74) is 1.52. The number of aromatic nitrogens is 1. The third kappa shape index (κ3) is 4.06. The van der Waals surface area contributed by atoms with Crippen LogP contribution in [0.25, 0.3) is 0 Å². The van der Waals surface area contributed by atoms with Crippen molar-refractivity contribution < 1.29 is 14.3 Å². The van der Waals surface area contributed by atoms with Gasteiger partial charge in [-0.15, -0.1) is 0 Å². The maximum atomic E-state index is 12.2. The number of methoxy groups -OCH3 is 1. The van der Waals surface area contributed by atoms with E-state index in [9.17, 15) is 14.4 Å². The van der Waals surface area contributed by atoms with Crippen molar-refractivity contribution in [3.05, 3.63) is 58.0 Å². The van der Waals surface area contributed by atoms with Gasteiger partial charge in [-0.2, -0.15) is 0 Å². The first-order valence-electron chi connectivity index (χ1n) is 7.05. The predicted octanol–water partition coefficient (Wildman–Crippen LogP) is 1.78. The number of ketones is 1. The molecule has 1 heterocycles. The second-order valence-corrected chi connectivity index (χ2v) is 5.17. The molecule has 6 heteroatoms. The van der Waals surface area contributed by atoms with Crippen molar-refractivity contribution in [1.82, 2.24) is 4.57 Å². The van der Waals surface area contributed by atoms with E-state index in [0.717, 1.165) is 0 Å². The molecule has 0 aliphatic heterocycles. The van der Waals surface area contributed by atoms with Gasteiger partial charge in [0.1, 0.15) is 5.75 Å². The fourth-order valence-corrected chi connectivity index (χ4v) is 2.18. The van der Waals surface area contributed by atoms with E-state index in [1.807, 2.05) is 0 Å². The van der Waals surface area contributed by atoms with Gasteiger partial charge in [0.15, 0.2) is 5.78 Å². The normalized spacial score (nSPS) is 10.2. The van der Waals surface area contributed by atoms with Crippen molar-refractivity contribution >= 4 is 17.4 Å². The zero-order valence-electron chi connectivity index (χ0n) is 13.3. The van der Waals surface area contributed by atoms with E-state index in [1.54, 1.807) is 37.5 Å². The van der Waals surface area contributed by atoms with Crippen molar-refractivity contribution in [3.63, 3.8) is 0 Å². The summed E-state index contributed by atoms with van der Waals surface area (Å²) in [6, 6.07) is 7.92. The van der Waals surface area contributed by atoms with Gasteiger partial charge in [0.25, 0.3) is 0 Å². The lowest BCUT2D eigenvalue weighted by molar-refractivity contribution is -0.115. The second-order valence-electron chi connectivity index (χ2n) is 5.17. The molecule has 0 saturated heterocycles. The van der Waals surface area contributed by atoms with Gasteiger partial charge in [0.05, 0.1) is 19.2 Å². The van der Waals surface area contributed by atoms with E-state index in [4.69, 9.17) is 4.74 Å². The minimum atomic E-state index is -0.261. The van der Waals surface area contributed by atoms with Crippen molar-refractivity contribution in [2.24, 2.45) is 7.05 Å². The maximum Gasteiger partial charge on any atom is 0.250 e. The first-order chi connectivity index (χ1) is 10.9. The number of nitrogens with one attached hydrogen (secondary N) is 1. The molecular weight excluding hydrogens is 296 g/mol. The molecule has 1 amide bonds. The average molecular weight is 314 g/mol. The summed E-state index contributed by atoms with van der Waals surface area (Å²) in [5.74, 6) is 0.209. The summed E-state index contributed by atoms with van der Waals surface area (Å²) in [5, 5.41) is 2.72. The highest BCUT2D eigenvalue weighted by Gasteiger charge is 2.12. The topological polar surface area (TPSA) is 77.4 Å². The van der Waals surface area contributed by atoms with Gasteiger partial charge in [-0.1, -0.05) is 0 Å². The fourth-order valence-electron chi connectivity index (χ4n) is 2.18. The minimum Gasteiger partial charge on any atom is -0.496 e. The number of carbonyl (C=O) groups is 2. The quantitative estimate of drug-likeness (QED) is 0.853. The van der Waals surface area contributed by atoms with Gasteiger partial charge in [-0.05, 0) is 31.2 Å². The van der Waals surface area contributed by atoms with Crippen molar-refractivity contribution in [2.75, 3.05) is 12.4 Å². The summed E-state index contributed by atoms with van der Waals surface area (Å²) in [6.07, 6.45) is 1.61. The largest absolute Gasteiger partial charge is 0.496 e. The standard InChI is InChI=1S/C17H18N2O4/c1-11(20)12-4-6-15(23-3)13(8-12)9-16(21)18-14-5-7-17(22)19(2)10-14/h4-8,10H,9H2,1-3H3,(H,18,21). The number of aryl methyl sites for hydroxylation is 1. The molecule has 2 rings (SSSR count). The van der Waals surface area contributed by atoms with E-state index in [2.05, 4.69) is 5.32 Å². The molecule has 1 aromatic heterocycles. The van der Waals surface area contributed by atoms with Gasteiger partial charge in [-0.25, -0.2) is 0 Å². The molecule has 0 spiro atoms. The van der Waals surface area contributed by atoms with Crippen LogP contribution in [0, 0.1) is 0 Å². The molecule has 1 aromatic carbocycles.